The Balaban J connectivity index is 1.43. The summed E-state index contributed by atoms with van der Waals surface area (Å²) in [6.45, 7) is 1.57. The van der Waals surface area contributed by atoms with Crippen LogP contribution >= 0.6 is 11.6 Å². The second-order valence-electron chi connectivity index (χ2n) is 8.58. The lowest BCUT2D eigenvalue weighted by atomic mass is 9.97. The molecule has 0 aliphatic carbocycles. The Morgan fingerprint density at radius 1 is 1.08 bits per heavy atom. The molecule has 2 aromatic rings. The monoisotopic (exact) mass is 551 g/mol. The third-order valence-corrected chi connectivity index (χ3v) is 5.94. The van der Waals surface area contributed by atoms with Gasteiger partial charge in [-0.1, -0.05) is 23.7 Å². The maximum atomic E-state index is 12.2. The highest BCUT2D eigenvalue weighted by atomic mass is 35.5. The number of amides is 1. The largest absolute Gasteiger partial charge is 0.462 e. The Hall–Kier alpha value is -3.56. The molecule has 0 saturated carbocycles. The third-order valence-electron chi connectivity index (χ3n) is 5.66. The van der Waals surface area contributed by atoms with Crippen LogP contribution in [0.4, 0.5) is 11.6 Å². The minimum absolute atomic E-state index is 0.0926. The number of anilines is 2. The SMILES string of the molecule is CC(=O)C1OC(Oc2ccc(CCCCN=C(N)NC(=O)c3nc(Cl)c(N)nc3N)cc2)C(O)C(O)C1O. The van der Waals surface area contributed by atoms with E-state index in [0.29, 0.717) is 18.7 Å². The number of aryl methyl sites for hydroxylation is 1. The molecule has 1 amide bonds. The molecule has 1 saturated heterocycles. The van der Waals surface area contributed by atoms with Gasteiger partial charge in [-0.2, -0.15) is 0 Å². The van der Waals surface area contributed by atoms with Crippen molar-refractivity contribution in [2.24, 2.45) is 10.7 Å². The van der Waals surface area contributed by atoms with Crippen LogP contribution in [-0.2, 0) is 16.0 Å². The van der Waals surface area contributed by atoms with Crippen LogP contribution in [0.2, 0.25) is 5.15 Å². The number of ether oxygens (including phenoxy) is 2. The number of carbonyl (C=O) groups is 2. The van der Waals surface area contributed by atoms with Gasteiger partial charge in [0.2, 0.25) is 6.29 Å². The molecular formula is C23H30ClN7O7. The van der Waals surface area contributed by atoms with Gasteiger partial charge in [0.05, 0.1) is 0 Å². The number of hydrogen-bond donors (Lipinski definition) is 7. The molecular weight excluding hydrogens is 522 g/mol. The van der Waals surface area contributed by atoms with Crippen molar-refractivity contribution in [2.75, 3.05) is 18.0 Å². The molecule has 5 atom stereocenters. The minimum atomic E-state index is -1.59. The highest BCUT2D eigenvalue weighted by molar-refractivity contribution is 6.31. The first-order chi connectivity index (χ1) is 18.0. The second-order valence-corrected chi connectivity index (χ2v) is 8.94. The quantitative estimate of drug-likeness (QED) is 0.114. The Bertz CT molecular complexity index is 1180. The van der Waals surface area contributed by atoms with Crippen molar-refractivity contribution in [1.82, 2.24) is 15.3 Å². The van der Waals surface area contributed by atoms with E-state index in [9.17, 15) is 24.9 Å². The number of aliphatic hydroxyl groups is 3. The number of benzene rings is 1. The van der Waals surface area contributed by atoms with Crippen molar-refractivity contribution in [2.45, 2.75) is 56.9 Å². The Morgan fingerprint density at radius 2 is 1.76 bits per heavy atom. The molecule has 0 radical (unpaired) electrons. The number of rotatable bonds is 9. The maximum Gasteiger partial charge on any atom is 0.280 e. The number of nitrogens with one attached hydrogen (secondary N) is 1. The molecule has 15 heteroatoms. The summed E-state index contributed by atoms with van der Waals surface area (Å²) >= 11 is 5.77. The predicted molar refractivity (Wildman–Crippen MR) is 137 cm³/mol. The lowest BCUT2D eigenvalue weighted by molar-refractivity contribution is -0.265. The van der Waals surface area contributed by atoms with Gasteiger partial charge in [0.1, 0.15) is 30.2 Å². The summed E-state index contributed by atoms with van der Waals surface area (Å²) < 4.78 is 10.9. The van der Waals surface area contributed by atoms with Crippen molar-refractivity contribution in [3.05, 3.63) is 40.7 Å². The first-order valence-corrected chi connectivity index (χ1v) is 12.0. The fraction of sp³-hybridized carbons (Fsp3) is 0.435. The molecule has 1 aromatic carbocycles. The van der Waals surface area contributed by atoms with Crippen molar-refractivity contribution in [3.63, 3.8) is 0 Å². The molecule has 1 aliphatic rings. The van der Waals surface area contributed by atoms with Gasteiger partial charge in [-0.3, -0.25) is 19.9 Å². The van der Waals surface area contributed by atoms with Crippen molar-refractivity contribution >= 4 is 40.9 Å². The summed E-state index contributed by atoms with van der Waals surface area (Å²) in [6.07, 6.45) is -5.12. The molecule has 2 heterocycles. The molecule has 38 heavy (non-hydrogen) atoms. The van der Waals surface area contributed by atoms with Gasteiger partial charge >= 0.3 is 0 Å². The van der Waals surface area contributed by atoms with Crippen LogP contribution in [0.15, 0.2) is 29.3 Å². The highest BCUT2D eigenvalue weighted by Gasteiger charge is 2.46. The zero-order chi connectivity index (χ0) is 28.0. The average molecular weight is 552 g/mol. The lowest BCUT2D eigenvalue weighted by Crippen LogP contribution is -2.60. The standard InChI is InChI=1S/C23H30ClN7O7/c1-10(32)17-15(34)14(33)16(35)22(38-17)37-12-7-5-11(6-8-12)4-2-3-9-28-23(27)31-21(36)13-19(25)30-20(26)18(24)29-13/h5-8,14-17,22,33-35H,2-4,9H2,1H3,(H4,25,26,30)(H3,27,28,31,36). The molecule has 0 spiro atoms. The van der Waals surface area contributed by atoms with E-state index >= 15 is 0 Å². The summed E-state index contributed by atoms with van der Waals surface area (Å²) in [5, 5.41) is 32.2. The summed E-state index contributed by atoms with van der Waals surface area (Å²) in [7, 11) is 0. The number of aliphatic imine (C=N–C) groups is 1. The van der Waals surface area contributed by atoms with Crippen molar-refractivity contribution in [3.8, 4) is 5.75 Å². The maximum absolute atomic E-state index is 12.2. The van der Waals surface area contributed by atoms with Gasteiger partial charge in [0.25, 0.3) is 5.91 Å². The Morgan fingerprint density at radius 3 is 2.42 bits per heavy atom. The number of guanidine groups is 1. The molecule has 1 aromatic heterocycles. The molecule has 1 aliphatic heterocycles. The zero-order valence-electron chi connectivity index (χ0n) is 20.5. The van der Waals surface area contributed by atoms with Crippen LogP contribution in [0.3, 0.4) is 0 Å². The predicted octanol–water partition coefficient (Wildman–Crippen LogP) is -0.863. The number of aliphatic hydroxyl groups excluding tert-OH is 3. The van der Waals surface area contributed by atoms with E-state index in [0.717, 1.165) is 18.4 Å². The highest BCUT2D eigenvalue weighted by Crippen LogP contribution is 2.25. The van der Waals surface area contributed by atoms with E-state index < -0.39 is 42.4 Å². The number of nitrogens with two attached hydrogens (primary N) is 3. The number of aromatic nitrogens is 2. The van der Waals surface area contributed by atoms with E-state index in [2.05, 4.69) is 20.3 Å². The number of halogens is 1. The number of nitrogen functional groups attached to an aromatic ring is 2. The number of unbranched alkanes of at least 4 members (excludes halogenated alkanes) is 1. The molecule has 3 rings (SSSR count). The van der Waals surface area contributed by atoms with E-state index in [1.165, 1.54) is 6.92 Å². The molecule has 0 bridgehead atoms. The van der Waals surface area contributed by atoms with Gasteiger partial charge in [-0.05, 0) is 43.9 Å². The van der Waals surface area contributed by atoms with E-state index in [1.54, 1.807) is 12.1 Å². The van der Waals surface area contributed by atoms with Crippen LogP contribution in [-0.4, -0.2) is 80.2 Å². The summed E-state index contributed by atoms with van der Waals surface area (Å²) in [4.78, 5) is 35.5. The molecule has 10 N–H and O–H groups in total. The van der Waals surface area contributed by atoms with Crippen LogP contribution in [0.25, 0.3) is 0 Å². The average Bonchev–Trinajstić information content (AvgIpc) is 2.86. The first kappa shape index (κ1) is 29.0. The number of hydrogen-bond acceptors (Lipinski definition) is 12. The van der Waals surface area contributed by atoms with Crippen molar-refractivity contribution < 1.29 is 34.4 Å². The normalized spacial score (nSPS) is 23.6. The summed E-state index contributed by atoms with van der Waals surface area (Å²) in [5.41, 5.74) is 17.7. The van der Waals surface area contributed by atoms with E-state index in [1.807, 2.05) is 12.1 Å². The summed E-state index contributed by atoms with van der Waals surface area (Å²) in [5.74, 6) is -1.25. The molecule has 206 valence electrons. The van der Waals surface area contributed by atoms with Gasteiger partial charge in [0.15, 0.2) is 34.2 Å². The van der Waals surface area contributed by atoms with E-state index in [4.69, 9.17) is 38.3 Å². The number of nitrogens with zero attached hydrogens (tertiary/aromatic N) is 3. The molecule has 5 unspecified atom stereocenters. The topological polar surface area (TPSA) is 242 Å². The Kier molecular flexibility index (Phi) is 9.77. The molecule has 14 nitrogen and oxygen atoms in total. The second kappa shape index (κ2) is 12.8. The number of Topliss-reactive ketones (excluding diaryl/α,β-unsaturated/α-hetero) is 1. The van der Waals surface area contributed by atoms with Gasteiger partial charge in [0, 0.05) is 6.54 Å². The van der Waals surface area contributed by atoms with Crippen LogP contribution in [0.1, 0.15) is 35.8 Å². The fourth-order valence-corrected chi connectivity index (χ4v) is 3.74. The van der Waals surface area contributed by atoms with Gasteiger partial charge < -0.3 is 42.0 Å². The zero-order valence-corrected chi connectivity index (χ0v) is 21.2. The van der Waals surface area contributed by atoms with Crippen LogP contribution in [0.5, 0.6) is 5.75 Å². The smallest absolute Gasteiger partial charge is 0.280 e. The number of ketones is 1. The third kappa shape index (κ3) is 7.26. The van der Waals surface area contributed by atoms with Gasteiger partial charge in [-0.25, -0.2) is 9.97 Å². The van der Waals surface area contributed by atoms with E-state index in [-0.39, 0.29) is 28.4 Å². The fourth-order valence-electron chi connectivity index (χ4n) is 3.61. The lowest BCUT2D eigenvalue weighted by Gasteiger charge is -2.39. The molecule has 1 fully saturated rings. The summed E-state index contributed by atoms with van der Waals surface area (Å²) in [6, 6.07) is 6.96. The van der Waals surface area contributed by atoms with Crippen LogP contribution in [0, 0.1) is 0 Å². The van der Waals surface area contributed by atoms with Crippen molar-refractivity contribution in [1.29, 1.82) is 0 Å². The Labute approximate surface area is 222 Å². The number of carbonyl (C=O) groups excluding carboxylic acids is 2. The first-order valence-electron chi connectivity index (χ1n) is 11.6. The minimum Gasteiger partial charge on any atom is -0.462 e. The van der Waals surface area contributed by atoms with Gasteiger partial charge in [-0.15, -0.1) is 0 Å². The van der Waals surface area contributed by atoms with Crippen LogP contribution < -0.4 is 27.3 Å².